The highest BCUT2D eigenvalue weighted by Gasteiger charge is 2.23. The molecule has 1 atom stereocenters. The molecule has 0 fully saturated rings. The van der Waals surface area contributed by atoms with Crippen LogP contribution in [0.25, 0.3) is 11.3 Å². The fraction of sp³-hybridized carbons (Fsp3) is 0.364. The van der Waals surface area contributed by atoms with Crippen LogP contribution in [-0.4, -0.2) is 32.2 Å². The summed E-state index contributed by atoms with van der Waals surface area (Å²) < 4.78 is 7.57. The fourth-order valence-corrected chi connectivity index (χ4v) is 3.58. The van der Waals surface area contributed by atoms with E-state index in [9.17, 15) is 9.90 Å². The Hall–Kier alpha value is -2.86. The standard InChI is InChI=1S/C22H25N3O3/c1-3-20(26)19-13-18-14-24(11-4-12-25(18)23-19)22(27)17-8-6-16(7-9-17)21-10-5-15(2)28-21/h5-10,13,20,26H,3-4,11-12,14H2,1-2H3/t20-/m1/s1. The zero-order valence-corrected chi connectivity index (χ0v) is 16.3. The summed E-state index contributed by atoms with van der Waals surface area (Å²) >= 11 is 0. The van der Waals surface area contributed by atoms with Gasteiger partial charge in [-0.25, -0.2) is 0 Å². The van der Waals surface area contributed by atoms with Crippen molar-refractivity contribution in [3.8, 4) is 11.3 Å². The molecule has 0 unspecified atom stereocenters. The van der Waals surface area contributed by atoms with Gasteiger partial charge in [-0.1, -0.05) is 19.1 Å². The maximum atomic E-state index is 13.0. The Morgan fingerprint density at radius 3 is 2.68 bits per heavy atom. The molecule has 6 heteroatoms. The first-order valence-electron chi connectivity index (χ1n) is 9.76. The van der Waals surface area contributed by atoms with Crippen LogP contribution in [0.2, 0.25) is 0 Å². The summed E-state index contributed by atoms with van der Waals surface area (Å²) in [5.74, 6) is 1.68. The molecular weight excluding hydrogens is 354 g/mol. The Labute approximate surface area is 164 Å². The Kier molecular flexibility index (Phi) is 5.05. The van der Waals surface area contributed by atoms with Crippen LogP contribution in [0, 0.1) is 6.92 Å². The highest BCUT2D eigenvalue weighted by Crippen LogP contribution is 2.24. The van der Waals surface area contributed by atoms with Crippen LogP contribution in [-0.2, 0) is 13.1 Å². The molecule has 0 bridgehead atoms. The van der Waals surface area contributed by atoms with Gasteiger partial charge in [0.2, 0.25) is 0 Å². The zero-order valence-electron chi connectivity index (χ0n) is 16.3. The third-order valence-corrected chi connectivity index (χ3v) is 5.21. The van der Waals surface area contributed by atoms with E-state index in [0.29, 0.717) is 30.8 Å². The van der Waals surface area contributed by atoms with Gasteiger partial charge in [-0.2, -0.15) is 5.10 Å². The number of benzene rings is 1. The summed E-state index contributed by atoms with van der Waals surface area (Å²) in [5.41, 5.74) is 3.27. The van der Waals surface area contributed by atoms with Crippen LogP contribution in [0.4, 0.5) is 0 Å². The molecule has 0 saturated carbocycles. The van der Waals surface area contributed by atoms with E-state index in [1.165, 1.54) is 0 Å². The molecule has 1 aliphatic heterocycles. The molecule has 1 amide bonds. The molecule has 3 heterocycles. The van der Waals surface area contributed by atoms with Gasteiger partial charge in [0.25, 0.3) is 5.91 Å². The van der Waals surface area contributed by atoms with Crippen LogP contribution < -0.4 is 0 Å². The average Bonchev–Trinajstić information content (AvgIpc) is 3.27. The second kappa shape index (κ2) is 7.64. The Bertz CT molecular complexity index is 971. The van der Waals surface area contributed by atoms with Crippen molar-refractivity contribution < 1.29 is 14.3 Å². The van der Waals surface area contributed by atoms with Gasteiger partial charge in [0.1, 0.15) is 11.5 Å². The minimum atomic E-state index is -0.554. The topological polar surface area (TPSA) is 71.5 Å². The van der Waals surface area contributed by atoms with E-state index < -0.39 is 6.10 Å². The fourth-order valence-electron chi connectivity index (χ4n) is 3.58. The van der Waals surface area contributed by atoms with Gasteiger partial charge in [0, 0.05) is 24.2 Å². The van der Waals surface area contributed by atoms with Gasteiger partial charge in [-0.3, -0.25) is 9.48 Å². The van der Waals surface area contributed by atoms with Crippen molar-refractivity contribution >= 4 is 5.91 Å². The lowest BCUT2D eigenvalue weighted by Crippen LogP contribution is -2.30. The SMILES string of the molecule is CC[C@@H](O)c1cc2n(n1)CCCN(C(=O)c1ccc(-c3ccc(C)o3)cc1)C2. The number of aliphatic hydroxyl groups is 1. The minimum Gasteiger partial charge on any atom is -0.461 e. The molecule has 1 aliphatic rings. The minimum absolute atomic E-state index is 0.00872. The number of carbonyl (C=O) groups is 1. The first kappa shape index (κ1) is 18.5. The molecule has 0 saturated heterocycles. The van der Waals surface area contributed by atoms with Crippen molar-refractivity contribution in [3.05, 3.63) is 65.2 Å². The van der Waals surface area contributed by atoms with Crippen molar-refractivity contribution in [1.82, 2.24) is 14.7 Å². The van der Waals surface area contributed by atoms with E-state index in [0.717, 1.165) is 35.7 Å². The maximum absolute atomic E-state index is 13.0. The Morgan fingerprint density at radius 1 is 1.21 bits per heavy atom. The monoisotopic (exact) mass is 379 g/mol. The number of hydrogen-bond acceptors (Lipinski definition) is 4. The lowest BCUT2D eigenvalue weighted by atomic mass is 10.1. The number of hydrogen-bond donors (Lipinski definition) is 1. The number of fused-ring (bicyclic) bond motifs is 1. The van der Waals surface area contributed by atoms with Gasteiger partial charge < -0.3 is 14.4 Å². The highest BCUT2D eigenvalue weighted by atomic mass is 16.3. The molecule has 6 nitrogen and oxygen atoms in total. The summed E-state index contributed by atoms with van der Waals surface area (Å²) in [4.78, 5) is 14.9. The number of rotatable bonds is 4. The quantitative estimate of drug-likeness (QED) is 0.745. The van der Waals surface area contributed by atoms with Gasteiger partial charge in [-0.15, -0.1) is 0 Å². The molecule has 1 N–H and O–H groups in total. The van der Waals surface area contributed by atoms with Gasteiger partial charge in [0.15, 0.2) is 0 Å². The van der Waals surface area contributed by atoms with Crippen molar-refractivity contribution in [2.24, 2.45) is 0 Å². The van der Waals surface area contributed by atoms with Crippen molar-refractivity contribution in [1.29, 1.82) is 0 Å². The van der Waals surface area contributed by atoms with Crippen molar-refractivity contribution in [3.63, 3.8) is 0 Å². The number of aliphatic hydroxyl groups excluding tert-OH is 1. The summed E-state index contributed by atoms with van der Waals surface area (Å²) in [5, 5.41) is 14.6. The second-order valence-corrected chi connectivity index (χ2v) is 7.28. The Morgan fingerprint density at radius 2 is 2.00 bits per heavy atom. The lowest BCUT2D eigenvalue weighted by molar-refractivity contribution is 0.0745. The van der Waals surface area contributed by atoms with E-state index in [1.54, 1.807) is 0 Å². The van der Waals surface area contributed by atoms with E-state index >= 15 is 0 Å². The molecule has 0 spiro atoms. The van der Waals surface area contributed by atoms with Crippen molar-refractivity contribution in [2.45, 2.75) is 45.9 Å². The molecule has 1 aromatic carbocycles. The number of carbonyl (C=O) groups excluding carboxylic acids is 1. The first-order chi connectivity index (χ1) is 13.5. The summed E-state index contributed by atoms with van der Waals surface area (Å²) in [6.45, 7) is 5.79. The van der Waals surface area contributed by atoms with Crippen molar-refractivity contribution in [2.75, 3.05) is 6.54 Å². The molecule has 2 aromatic heterocycles. The molecule has 146 valence electrons. The second-order valence-electron chi connectivity index (χ2n) is 7.28. The molecule has 0 aliphatic carbocycles. The highest BCUT2D eigenvalue weighted by molar-refractivity contribution is 5.94. The number of aryl methyl sites for hydroxylation is 2. The van der Waals surface area contributed by atoms with E-state index in [4.69, 9.17) is 4.42 Å². The zero-order chi connectivity index (χ0) is 19.7. The van der Waals surface area contributed by atoms with E-state index in [-0.39, 0.29) is 5.91 Å². The summed E-state index contributed by atoms with van der Waals surface area (Å²) in [6.07, 6.45) is 0.910. The van der Waals surface area contributed by atoms with Gasteiger partial charge in [-0.05, 0) is 50.1 Å². The van der Waals surface area contributed by atoms with Gasteiger partial charge in [0.05, 0.1) is 24.0 Å². The third-order valence-electron chi connectivity index (χ3n) is 5.21. The van der Waals surface area contributed by atoms with Crippen LogP contribution >= 0.6 is 0 Å². The van der Waals surface area contributed by atoms with Gasteiger partial charge >= 0.3 is 0 Å². The third kappa shape index (κ3) is 3.60. The van der Waals surface area contributed by atoms with E-state index in [2.05, 4.69) is 5.10 Å². The molecule has 0 radical (unpaired) electrons. The predicted octanol–water partition coefficient (Wildman–Crippen LogP) is 3.94. The lowest BCUT2D eigenvalue weighted by Gasteiger charge is -2.20. The molecule has 28 heavy (non-hydrogen) atoms. The van der Waals surface area contributed by atoms with Crippen LogP contribution in [0.5, 0.6) is 0 Å². The number of amides is 1. The average molecular weight is 379 g/mol. The van der Waals surface area contributed by atoms with Crippen LogP contribution in [0.3, 0.4) is 0 Å². The first-order valence-corrected chi connectivity index (χ1v) is 9.76. The van der Waals surface area contributed by atoms with Crippen LogP contribution in [0.15, 0.2) is 46.9 Å². The maximum Gasteiger partial charge on any atom is 0.254 e. The van der Waals surface area contributed by atoms with Crippen LogP contribution in [0.1, 0.15) is 53.4 Å². The smallest absolute Gasteiger partial charge is 0.254 e. The van der Waals surface area contributed by atoms with E-state index in [1.807, 2.05) is 65.9 Å². The number of aromatic nitrogens is 2. The Balaban J connectivity index is 1.52. The molecular formula is C22H25N3O3. The number of nitrogens with zero attached hydrogens (tertiary/aromatic N) is 3. The normalized spacial score (nSPS) is 15.2. The number of furan rings is 1. The largest absolute Gasteiger partial charge is 0.461 e. The summed E-state index contributed by atoms with van der Waals surface area (Å²) in [6, 6.07) is 13.3. The predicted molar refractivity (Wildman–Crippen MR) is 106 cm³/mol. The summed E-state index contributed by atoms with van der Waals surface area (Å²) in [7, 11) is 0. The molecule has 4 rings (SSSR count). The molecule has 3 aromatic rings.